The number of fused-ring (bicyclic) bond motifs is 1. The average molecular weight is 341 g/mol. The van der Waals surface area contributed by atoms with Crippen molar-refractivity contribution in [2.75, 3.05) is 0 Å². The van der Waals surface area contributed by atoms with E-state index < -0.39 is 5.91 Å². The number of carbonyl (C=O) groups is 1. The maximum absolute atomic E-state index is 13.0. The standard InChI is InChI=1S/C18H19N3O2S/c1-10-4-5-13(11(2)8-10)14-9-24-17-16(14)18(23)21(12(3)20-17)7-6-15(19)22/h4-5,8-9H,6-7H2,1-3H3,(H2,19,22). The number of hydrogen-bond donors (Lipinski definition) is 1. The highest BCUT2D eigenvalue weighted by molar-refractivity contribution is 7.17. The van der Waals surface area contributed by atoms with E-state index in [9.17, 15) is 9.59 Å². The molecule has 1 aromatic carbocycles. The van der Waals surface area contributed by atoms with Gasteiger partial charge in [0.2, 0.25) is 5.91 Å². The topological polar surface area (TPSA) is 78.0 Å². The molecular formula is C18H19N3O2S. The first kappa shape index (κ1) is 16.4. The van der Waals surface area contributed by atoms with E-state index in [1.54, 1.807) is 6.92 Å². The minimum atomic E-state index is -0.429. The molecule has 0 unspecified atom stereocenters. The van der Waals surface area contributed by atoms with Crippen molar-refractivity contribution in [3.63, 3.8) is 0 Å². The molecule has 124 valence electrons. The Morgan fingerprint density at radius 2 is 2.00 bits per heavy atom. The predicted molar refractivity (Wildman–Crippen MR) is 97.3 cm³/mol. The molecule has 0 saturated heterocycles. The fourth-order valence-corrected chi connectivity index (χ4v) is 3.90. The quantitative estimate of drug-likeness (QED) is 0.792. The van der Waals surface area contributed by atoms with Crippen LogP contribution in [0.25, 0.3) is 21.3 Å². The summed E-state index contributed by atoms with van der Waals surface area (Å²) in [5, 5.41) is 2.59. The Hall–Kier alpha value is -2.47. The van der Waals surface area contributed by atoms with Crippen LogP contribution < -0.4 is 11.3 Å². The molecule has 0 atom stereocenters. The van der Waals surface area contributed by atoms with Crippen molar-refractivity contribution in [1.29, 1.82) is 0 Å². The summed E-state index contributed by atoms with van der Waals surface area (Å²) in [5.41, 5.74) is 9.35. The number of primary amides is 1. The zero-order valence-corrected chi connectivity index (χ0v) is 14.7. The summed E-state index contributed by atoms with van der Waals surface area (Å²) in [7, 11) is 0. The van der Waals surface area contributed by atoms with Crippen LogP contribution in [0, 0.1) is 20.8 Å². The molecule has 3 aromatic rings. The summed E-state index contributed by atoms with van der Waals surface area (Å²) in [6.07, 6.45) is 0.122. The van der Waals surface area contributed by atoms with Crippen LogP contribution in [0.5, 0.6) is 0 Å². The van der Waals surface area contributed by atoms with Gasteiger partial charge in [0.25, 0.3) is 5.56 Å². The van der Waals surface area contributed by atoms with Crippen LogP contribution in [0.4, 0.5) is 0 Å². The number of nitrogens with zero attached hydrogens (tertiary/aromatic N) is 2. The molecule has 1 amide bonds. The zero-order valence-electron chi connectivity index (χ0n) is 13.9. The maximum Gasteiger partial charge on any atom is 0.262 e. The Bertz CT molecular complexity index is 1000. The fraction of sp³-hybridized carbons (Fsp3) is 0.278. The number of thiophene rings is 1. The molecule has 0 bridgehead atoms. The van der Waals surface area contributed by atoms with Gasteiger partial charge in [0.15, 0.2) is 0 Å². The van der Waals surface area contributed by atoms with E-state index in [1.807, 2.05) is 31.4 Å². The Labute approximate surface area is 143 Å². The van der Waals surface area contributed by atoms with Gasteiger partial charge < -0.3 is 5.73 Å². The highest BCUT2D eigenvalue weighted by Gasteiger charge is 2.16. The zero-order chi connectivity index (χ0) is 17.4. The smallest absolute Gasteiger partial charge is 0.262 e. The van der Waals surface area contributed by atoms with Crippen molar-refractivity contribution >= 4 is 27.5 Å². The van der Waals surface area contributed by atoms with E-state index in [4.69, 9.17) is 5.73 Å². The monoisotopic (exact) mass is 341 g/mol. The van der Waals surface area contributed by atoms with Crippen LogP contribution in [0.1, 0.15) is 23.4 Å². The van der Waals surface area contributed by atoms with Gasteiger partial charge in [-0.05, 0) is 31.9 Å². The van der Waals surface area contributed by atoms with Gasteiger partial charge in [0.1, 0.15) is 10.7 Å². The molecule has 6 heteroatoms. The molecule has 0 aliphatic heterocycles. The molecule has 0 fully saturated rings. The van der Waals surface area contributed by atoms with E-state index in [0.717, 1.165) is 21.5 Å². The molecule has 3 rings (SSSR count). The number of carbonyl (C=O) groups excluding carboxylic acids is 1. The first-order valence-electron chi connectivity index (χ1n) is 7.73. The Balaban J connectivity index is 2.22. The van der Waals surface area contributed by atoms with Crippen molar-refractivity contribution in [2.45, 2.75) is 33.7 Å². The Kier molecular flexibility index (Phi) is 4.24. The maximum atomic E-state index is 13.0. The second kappa shape index (κ2) is 6.20. The van der Waals surface area contributed by atoms with E-state index in [2.05, 4.69) is 11.1 Å². The highest BCUT2D eigenvalue weighted by Crippen LogP contribution is 2.33. The average Bonchev–Trinajstić information content (AvgIpc) is 2.90. The van der Waals surface area contributed by atoms with Gasteiger partial charge in [-0.3, -0.25) is 14.2 Å². The summed E-state index contributed by atoms with van der Waals surface area (Å²) < 4.78 is 1.53. The van der Waals surface area contributed by atoms with Crippen molar-refractivity contribution in [2.24, 2.45) is 5.73 Å². The third kappa shape index (κ3) is 2.85. The summed E-state index contributed by atoms with van der Waals surface area (Å²) in [4.78, 5) is 29.3. The third-order valence-electron chi connectivity index (χ3n) is 4.14. The van der Waals surface area contributed by atoms with E-state index in [0.29, 0.717) is 11.2 Å². The first-order chi connectivity index (χ1) is 11.4. The molecule has 0 aliphatic rings. The molecule has 0 radical (unpaired) electrons. The lowest BCUT2D eigenvalue weighted by Crippen LogP contribution is -2.26. The number of hydrogen-bond acceptors (Lipinski definition) is 4. The van der Waals surface area contributed by atoms with Crippen LogP contribution >= 0.6 is 11.3 Å². The molecule has 2 heterocycles. The predicted octanol–water partition coefficient (Wildman–Crippen LogP) is 2.93. The lowest BCUT2D eigenvalue weighted by molar-refractivity contribution is -0.118. The lowest BCUT2D eigenvalue weighted by atomic mass is 9.99. The molecule has 2 aromatic heterocycles. The number of benzene rings is 1. The largest absolute Gasteiger partial charge is 0.370 e. The summed E-state index contributed by atoms with van der Waals surface area (Å²) in [6.45, 7) is 6.12. The molecule has 2 N–H and O–H groups in total. The first-order valence-corrected chi connectivity index (χ1v) is 8.61. The number of rotatable bonds is 4. The Morgan fingerprint density at radius 1 is 1.25 bits per heavy atom. The van der Waals surface area contributed by atoms with Gasteiger partial charge in [-0.2, -0.15) is 0 Å². The summed E-state index contributed by atoms with van der Waals surface area (Å²) in [5.74, 6) is 0.170. The minimum absolute atomic E-state index is 0.116. The van der Waals surface area contributed by atoms with Crippen LogP contribution in [-0.4, -0.2) is 15.5 Å². The van der Waals surface area contributed by atoms with Gasteiger partial charge >= 0.3 is 0 Å². The number of aryl methyl sites for hydroxylation is 3. The SMILES string of the molecule is Cc1ccc(-c2csc3nc(C)n(CCC(N)=O)c(=O)c23)c(C)c1. The number of amides is 1. The van der Waals surface area contributed by atoms with Gasteiger partial charge in [-0.25, -0.2) is 4.98 Å². The number of aromatic nitrogens is 2. The van der Waals surface area contributed by atoms with Gasteiger partial charge in [-0.15, -0.1) is 11.3 Å². The molecule has 5 nitrogen and oxygen atoms in total. The van der Waals surface area contributed by atoms with Crippen molar-refractivity contribution < 1.29 is 4.79 Å². The van der Waals surface area contributed by atoms with Crippen molar-refractivity contribution in [1.82, 2.24) is 9.55 Å². The minimum Gasteiger partial charge on any atom is -0.370 e. The van der Waals surface area contributed by atoms with Crippen LogP contribution in [0.2, 0.25) is 0 Å². The molecule has 0 saturated carbocycles. The second-order valence-corrected chi connectivity index (χ2v) is 6.84. The highest BCUT2D eigenvalue weighted by atomic mass is 32.1. The lowest BCUT2D eigenvalue weighted by Gasteiger charge is -2.10. The molecule has 0 aliphatic carbocycles. The van der Waals surface area contributed by atoms with E-state index in [1.165, 1.54) is 21.5 Å². The molecule has 24 heavy (non-hydrogen) atoms. The van der Waals surface area contributed by atoms with Crippen LogP contribution in [-0.2, 0) is 11.3 Å². The van der Waals surface area contributed by atoms with Crippen molar-refractivity contribution in [3.05, 3.63) is 50.9 Å². The Morgan fingerprint density at radius 3 is 2.67 bits per heavy atom. The van der Waals surface area contributed by atoms with Crippen molar-refractivity contribution in [3.8, 4) is 11.1 Å². The second-order valence-electron chi connectivity index (χ2n) is 5.98. The van der Waals surface area contributed by atoms with Crippen LogP contribution in [0.3, 0.4) is 0 Å². The normalized spacial score (nSPS) is 11.1. The van der Waals surface area contributed by atoms with Gasteiger partial charge in [0.05, 0.1) is 5.39 Å². The summed E-state index contributed by atoms with van der Waals surface area (Å²) in [6, 6.07) is 6.18. The van der Waals surface area contributed by atoms with E-state index >= 15 is 0 Å². The summed E-state index contributed by atoms with van der Waals surface area (Å²) >= 11 is 1.47. The van der Waals surface area contributed by atoms with E-state index in [-0.39, 0.29) is 18.5 Å². The fourth-order valence-electron chi connectivity index (χ4n) is 2.93. The van der Waals surface area contributed by atoms with Gasteiger partial charge in [-0.1, -0.05) is 23.8 Å². The van der Waals surface area contributed by atoms with Crippen LogP contribution in [0.15, 0.2) is 28.4 Å². The molecular weight excluding hydrogens is 322 g/mol. The van der Waals surface area contributed by atoms with Gasteiger partial charge in [0, 0.05) is 23.9 Å². The third-order valence-corrected chi connectivity index (χ3v) is 5.01. The molecule has 0 spiro atoms. The number of nitrogens with two attached hydrogens (primary N) is 1.